The Hall–Kier alpha value is -4.15. The van der Waals surface area contributed by atoms with Crippen LogP contribution < -0.4 is 5.32 Å². The predicted octanol–water partition coefficient (Wildman–Crippen LogP) is 4.82. The first kappa shape index (κ1) is 25.0. The van der Waals surface area contributed by atoms with Gasteiger partial charge in [-0.25, -0.2) is 14.4 Å². The van der Waals surface area contributed by atoms with Gasteiger partial charge in [0.25, 0.3) is 0 Å². The van der Waals surface area contributed by atoms with Crippen LogP contribution in [0.3, 0.4) is 0 Å². The highest BCUT2D eigenvalue weighted by Gasteiger charge is 2.33. The maximum absolute atomic E-state index is 14.7. The lowest BCUT2D eigenvalue weighted by Gasteiger charge is -2.12. The number of aromatic nitrogens is 5. The van der Waals surface area contributed by atoms with Crippen LogP contribution in [0.2, 0.25) is 0 Å². The molecule has 11 heteroatoms. The van der Waals surface area contributed by atoms with Gasteiger partial charge in [0.1, 0.15) is 11.6 Å². The molecule has 0 radical (unpaired) electrons. The molecule has 7 nitrogen and oxygen atoms in total. The number of hydrogen-bond donors (Lipinski definition) is 1. The van der Waals surface area contributed by atoms with Crippen LogP contribution in [0.5, 0.6) is 0 Å². The Balaban J connectivity index is 1.43. The number of amides is 1. The summed E-state index contributed by atoms with van der Waals surface area (Å²) in [6.45, 7) is 3.18. The summed E-state index contributed by atoms with van der Waals surface area (Å²) < 4.78 is 55.7. The number of rotatable bonds is 6. The van der Waals surface area contributed by atoms with E-state index in [2.05, 4.69) is 25.4 Å². The van der Waals surface area contributed by atoms with Crippen LogP contribution in [-0.4, -0.2) is 30.6 Å². The Morgan fingerprint density at radius 3 is 2.31 bits per heavy atom. The lowest BCUT2D eigenvalue weighted by Crippen LogP contribution is -2.17. The summed E-state index contributed by atoms with van der Waals surface area (Å²) in [6.07, 6.45) is 1.64. The van der Waals surface area contributed by atoms with Gasteiger partial charge in [-0.15, -0.1) is 0 Å². The van der Waals surface area contributed by atoms with Crippen molar-refractivity contribution in [1.29, 1.82) is 0 Å². The van der Waals surface area contributed by atoms with Crippen molar-refractivity contribution >= 4 is 11.6 Å². The molecule has 4 aromatic rings. The number of nitrogens with zero attached hydrogens (tertiary/aromatic N) is 5. The Morgan fingerprint density at radius 1 is 0.972 bits per heavy atom. The van der Waals surface area contributed by atoms with Crippen molar-refractivity contribution < 1.29 is 22.4 Å². The maximum atomic E-state index is 14.7. The normalized spacial score (nSPS) is 11.5. The van der Waals surface area contributed by atoms with Crippen LogP contribution in [-0.2, 0) is 30.9 Å². The molecule has 0 saturated carbocycles. The number of benzene rings is 1. The molecular formula is C25H22F4N6O. The molecule has 1 N–H and O–H groups in total. The van der Waals surface area contributed by atoms with E-state index in [4.69, 9.17) is 0 Å². The molecular weight excluding hydrogens is 476 g/mol. The molecule has 36 heavy (non-hydrogen) atoms. The molecule has 0 aliphatic rings. The Morgan fingerprint density at radius 2 is 1.69 bits per heavy atom. The summed E-state index contributed by atoms with van der Waals surface area (Å²) in [5.74, 6) is -0.697. The summed E-state index contributed by atoms with van der Waals surface area (Å²) in [6, 6.07) is 5.15. The number of pyridine rings is 1. The zero-order valence-corrected chi connectivity index (χ0v) is 19.7. The summed E-state index contributed by atoms with van der Waals surface area (Å²) in [4.78, 5) is 24.7. The quantitative estimate of drug-likeness (QED) is 0.386. The van der Waals surface area contributed by atoms with Gasteiger partial charge in [-0.3, -0.25) is 14.5 Å². The lowest BCUT2D eigenvalue weighted by molar-refractivity contribution is -0.138. The lowest BCUT2D eigenvalue weighted by atomic mass is 10.0. The Bertz CT molecular complexity index is 1410. The number of hydrogen-bond acceptors (Lipinski definition) is 5. The van der Waals surface area contributed by atoms with Crippen molar-refractivity contribution in [3.8, 4) is 11.1 Å². The van der Waals surface area contributed by atoms with Gasteiger partial charge >= 0.3 is 6.18 Å². The number of aryl methyl sites for hydroxylation is 2. The minimum Gasteiger partial charge on any atom is -0.324 e. The van der Waals surface area contributed by atoms with Gasteiger partial charge in [0.15, 0.2) is 0 Å². The first-order chi connectivity index (χ1) is 17.0. The number of nitrogens with one attached hydrogen (secondary N) is 1. The minimum atomic E-state index is -4.60. The largest absolute Gasteiger partial charge is 0.418 e. The van der Waals surface area contributed by atoms with Crippen LogP contribution in [0.15, 0.2) is 49.1 Å². The van der Waals surface area contributed by atoms with E-state index in [0.717, 1.165) is 23.5 Å². The highest BCUT2D eigenvalue weighted by Crippen LogP contribution is 2.32. The van der Waals surface area contributed by atoms with E-state index in [1.54, 1.807) is 29.3 Å². The molecule has 0 fully saturated rings. The molecule has 0 atom stereocenters. The average molecular weight is 498 g/mol. The van der Waals surface area contributed by atoms with Crippen LogP contribution >= 0.6 is 0 Å². The second kappa shape index (κ2) is 9.84. The summed E-state index contributed by atoms with van der Waals surface area (Å²) in [7, 11) is 1.86. The van der Waals surface area contributed by atoms with Gasteiger partial charge in [-0.2, -0.15) is 18.3 Å². The third-order valence-corrected chi connectivity index (χ3v) is 5.80. The highest BCUT2D eigenvalue weighted by atomic mass is 19.4. The Labute approximate surface area is 204 Å². The summed E-state index contributed by atoms with van der Waals surface area (Å²) >= 11 is 0. The zero-order valence-electron chi connectivity index (χ0n) is 19.7. The minimum absolute atomic E-state index is 0.0944. The van der Waals surface area contributed by atoms with Crippen LogP contribution in [0, 0.1) is 19.7 Å². The number of anilines is 1. The van der Waals surface area contributed by atoms with Crippen LogP contribution in [0.1, 0.15) is 33.9 Å². The van der Waals surface area contributed by atoms with Crippen molar-refractivity contribution in [2.75, 3.05) is 5.32 Å². The molecule has 1 aromatic carbocycles. The molecule has 3 aromatic heterocycles. The SMILES string of the molecule is Cc1ncc(NC(=O)Cc2ccc(-c3cnc(Cc4cnn(C)c4C)nc3)cc2F)cc1C(F)(F)F. The summed E-state index contributed by atoms with van der Waals surface area (Å²) in [5.41, 5.74) is 1.98. The van der Waals surface area contributed by atoms with Crippen molar-refractivity contribution in [3.05, 3.63) is 88.8 Å². The van der Waals surface area contributed by atoms with Gasteiger partial charge in [-0.05, 0) is 37.1 Å². The van der Waals surface area contributed by atoms with Crippen LogP contribution in [0.4, 0.5) is 23.2 Å². The number of halogens is 4. The van der Waals surface area contributed by atoms with Gasteiger partial charge in [0.2, 0.25) is 5.91 Å². The fourth-order valence-electron chi connectivity index (χ4n) is 3.62. The van der Waals surface area contributed by atoms with E-state index >= 15 is 0 Å². The van der Waals surface area contributed by atoms with E-state index in [0.29, 0.717) is 23.4 Å². The van der Waals surface area contributed by atoms with Gasteiger partial charge in [0.05, 0.1) is 30.1 Å². The van der Waals surface area contributed by atoms with Crippen molar-refractivity contribution in [3.63, 3.8) is 0 Å². The monoisotopic (exact) mass is 498 g/mol. The van der Waals surface area contributed by atoms with Crippen molar-refractivity contribution in [1.82, 2.24) is 24.7 Å². The number of carbonyl (C=O) groups excluding carboxylic acids is 1. The molecule has 0 aliphatic heterocycles. The van der Waals surface area contributed by atoms with Crippen molar-refractivity contribution in [2.45, 2.75) is 32.9 Å². The number of carbonyl (C=O) groups is 1. The van der Waals surface area contributed by atoms with E-state index in [9.17, 15) is 22.4 Å². The average Bonchev–Trinajstić information content (AvgIpc) is 3.13. The second-order valence-corrected chi connectivity index (χ2v) is 8.33. The first-order valence-electron chi connectivity index (χ1n) is 10.9. The van der Waals surface area contributed by atoms with E-state index in [1.807, 2.05) is 14.0 Å². The van der Waals surface area contributed by atoms with Crippen LogP contribution in [0.25, 0.3) is 11.1 Å². The standard InChI is InChI=1S/C25H22F4N6O/c1-14-21(25(27,28)29)9-20(13-30-14)34-24(36)8-17-5-4-16(6-22(17)26)19-10-31-23(32-11-19)7-18-12-33-35(3)15(18)2/h4-6,9-13H,7-8H2,1-3H3,(H,34,36). The molecule has 4 rings (SSSR count). The van der Waals surface area contributed by atoms with Crippen molar-refractivity contribution in [2.24, 2.45) is 7.05 Å². The molecule has 0 bridgehead atoms. The van der Waals surface area contributed by atoms with Gasteiger partial charge < -0.3 is 5.32 Å². The fourth-order valence-corrected chi connectivity index (χ4v) is 3.62. The van der Waals surface area contributed by atoms with Gasteiger partial charge in [0, 0.05) is 48.4 Å². The van der Waals surface area contributed by atoms with E-state index in [-0.39, 0.29) is 23.4 Å². The molecule has 0 unspecified atom stereocenters. The molecule has 3 heterocycles. The Kier molecular flexibility index (Phi) is 6.82. The smallest absolute Gasteiger partial charge is 0.324 e. The zero-order chi connectivity index (χ0) is 26.0. The molecule has 0 aliphatic carbocycles. The van der Waals surface area contributed by atoms with E-state index in [1.165, 1.54) is 19.1 Å². The fraction of sp³-hybridized carbons (Fsp3) is 0.240. The molecule has 0 saturated heterocycles. The summed E-state index contributed by atoms with van der Waals surface area (Å²) in [5, 5.41) is 6.54. The predicted molar refractivity (Wildman–Crippen MR) is 124 cm³/mol. The number of alkyl halides is 3. The van der Waals surface area contributed by atoms with Gasteiger partial charge in [-0.1, -0.05) is 12.1 Å². The molecule has 186 valence electrons. The van der Waals surface area contributed by atoms with E-state index < -0.39 is 23.5 Å². The molecule has 0 spiro atoms. The highest BCUT2D eigenvalue weighted by molar-refractivity contribution is 5.92. The third kappa shape index (κ3) is 5.56. The molecule has 1 amide bonds. The maximum Gasteiger partial charge on any atom is 0.418 e. The first-order valence-corrected chi connectivity index (χ1v) is 10.9. The third-order valence-electron chi connectivity index (χ3n) is 5.80. The topological polar surface area (TPSA) is 85.6 Å². The second-order valence-electron chi connectivity index (χ2n) is 8.33.